The van der Waals surface area contributed by atoms with Gasteiger partial charge in [0.25, 0.3) is 0 Å². The molecule has 0 bridgehead atoms. The van der Waals surface area contributed by atoms with Crippen molar-refractivity contribution in [2.45, 2.75) is 33.2 Å². The number of terminal acetylenes is 1. The summed E-state index contributed by atoms with van der Waals surface area (Å²) in [5, 5.41) is 0. The fourth-order valence-corrected chi connectivity index (χ4v) is 2.31. The largest absolute Gasteiger partial charge is 0.383 e. The monoisotopic (exact) mass is 253 g/mol. The average Bonchev–Trinajstić information content (AvgIpc) is 2.76. The summed E-state index contributed by atoms with van der Waals surface area (Å²) in [6, 6.07) is 8.23. The van der Waals surface area contributed by atoms with Crippen molar-refractivity contribution in [1.82, 2.24) is 9.55 Å². The van der Waals surface area contributed by atoms with Crippen LogP contribution >= 0.6 is 0 Å². The average molecular weight is 253 g/mol. The smallest absolute Gasteiger partial charge is 0.132 e. The van der Waals surface area contributed by atoms with Crippen LogP contribution in [0.5, 0.6) is 0 Å². The minimum Gasteiger partial charge on any atom is -0.383 e. The lowest BCUT2D eigenvalue weighted by molar-refractivity contribution is 0.769. The zero-order valence-electron chi connectivity index (χ0n) is 11.5. The highest BCUT2D eigenvalue weighted by molar-refractivity contribution is 5.74. The Morgan fingerprint density at radius 3 is 2.63 bits per heavy atom. The van der Waals surface area contributed by atoms with E-state index in [1.807, 2.05) is 16.7 Å². The molecule has 3 heteroatoms. The van der Waals surface area contributed by atoms with Gasteiger partial charge < -0.3 is 10.3 Å². The maximum atomic E-state index is 6.23. The standard InChI is InChI=1S/C16H19N3/c1-4-11-19-14(6-3)18-15(16(19)17)13-10-8-7-9-12(13)5-2/h1,7-10H,5-6,11,17H2,2-3H3. The predicted octanol–water partition coefficient (Wildman–Crippen LogP) is 2.89. The third-order valence-electron chi connectivity index (χ3n) is 3.30. The van der Waals surface area contributed by atoms with Gasteiger partial charge in [0.1, 0.15) is 17.3 Å². The first-order chi connectivity index (χ1) is 9.22. The van der Waals surface area contributed by atoms with Crippen molar-refractivity contribution in [3.05, 3.63) is 35.7 Å². The summed E-state index contributed by atoms with van der Waals surface area (Å²) in [5.74, 6) is 4.24. The van der Waals surface area contributed by atoms with Crippen molar-refractivity contribution in [2.75, 3.05) is 5.73 Å². The van der Waals surface area contributed by atoms with Gasteiger partial charge in [-0.05, 0) is 12.0 Å². The van der Waals surface area contributed by atoms with Crippen LogP contribution in [0.15, 0.2) is 24.3 Å². The van der Waals surface area contributed by atoms with Gasteiger partial charge in [0.05, 0.1) is 6.54 Å². The molecule has 0 saturated carbocycles. The van der Waals surface area contributed by atoms with Gasteiger partial charge in [-0.1, -0.05) is 44.0 Å². The number of anilines is 1. The number of aryl methyl sites for hydroxylation is 2. The molecule has 0 spiro atoms. The third kappa shape index (κ3) is 2.34. The van der Waals surface area contributed by atoms with E-state index < -0.39 is 0 Å². The highest BCUT2D eigenvalue weighted by Crippen LogP contribution is 2.29. The summed E-state index contributed by atoms with van der Waals surface area (Å²) in [7, 11) is 0. The molecule has 0 aliphatic rings. The molecule has 1 heterocycles. The minimum atomic E-state index is 0.469. The summed E-state index contributed by atoms with van der Waals surface area (Å²) in [4.78, 5) is 4.67. The van der Waals surface area contributed by atoms with Crippen LogP contribution < -0.4 is 5.73 Å². The fraction of sp³-hybridized carbons (Fsp3) is 0.312. The molecule has 0 amide bonds. The van der Waals surface area contributed by atoms with E-state index in [2.05, 4.69) is 36.9 Å². The Balaban J connectivity index is 2.60. The van der Waals surface area contributed by atoms with Gasteiger partial charge in [-0.3, -0.25) is 0 Å². The van der Waals surface area contributed by atoms with E-state index in [-0.39, 0.29) is 0 Å². The minimum absolute atomic E-state index is 0.469. The third-order valence-corrected chi connectivity index (χ3v) is 3.30. The highest BCUT2D eigenvalue weighted by atomic mass is 15.1. The Kier molecular flexibility index (Phi) is 3.91. The van der Waals surface area contributed by atoms with Crippen LogP contribution in [0.4, 0.5) is 5.82 Å². The molecule has 98 valence electrons. The van der Waals surface area contributed by atoms with Gasteiger partial charge in [0.15, 0.2) is 0 Å². The van der Waals surface area contributed by atoms with E-state index >= 15 is 0 Å². The highest BCUT2D eigenvalue weighted by Gasteiger charge is 2.16. The second-order valence-corrected chi connectivity index (χ2v) is 4.42. The SMILES string of the molecule is C#CCn1c(CC)nc(-c2ccccc2CC)c1N. The van der Waals surface area contributed by atoms with Crippen molar-refractivity contribution in [3.8, 4) is 23.6 Å². The predicted molar refractivity (Wildman–Crippen MR) is 79.7 cm³/mol. The number of nitrogens with zero attached hydrogens (tertiary/aromatic N) is 2. The van der Waals surface area contributed by atoms with E-state index in [1.165, 1.54) is 5.56 Å². The van der Waals surface area contributed by atoms with Gasteiger partial charge in [0, 0.05) is 12.0 Å². The Bertz CT molecular complexity index is 617. The van der Waals surface area contributed by atoms with Gasteiger partial charge in [-0.2, -0.15) is 0 Å². The van der Waals surface area contributed by atoms with Crippen LogP contribution in [-0.2, 0) is 19.4 Å². The molecule has 2 aromatic rings. The van der Waals surface area contributed by atoms with E-state index in [9.17, 15) is 0 Å². The van der Waals surface area contributed by atoms with Crippen molar-refractivity contribution >= 4 is 5.82 Å². The first kappa shape index (κ1) is 13.2. The zero-order chi connectivity index (χ0) is 13.8. The lowest BCUT2D eigenvalue weighted by Gasteiger charge is -2.07. The molecule has 1 aromatic carbocycles. The maximum Gasteiger partial charge on any atom is 0.132 e. The molecule has 3 nitrogen and oxygen atoms in total. The van der Waals surface area contributed by atoms with Crippen LogP contribution in [0, 0.1) is 12.3 Å². The van der Waals surface area contributed by atoms with E-state index in [4.69, 9.17) is 12.2 Å². The molecule has 0 aliphatic carbocycles. The Morgan fingerprint density at radius 1 is 1.26 bits per heavy atom. The summed E-state index contributed by atoms with van der Waals surface area (Å²) in [5.41, 5.74) is 9.43. The van der Waals surface area contributed by atoms with E-state index in [0.717, 1.165) is 29.9 Å². The zero-order valence-corrected chi connectivity index (χ0v) is 11.5. The molecular formula is C16H19N3. The molecule has 0 saturated heterocycles. The number of nitrogens with two attached hydrogens (primary N) is 1. The van der Waals surface area contributed by atoms with E-state index in [0.29, 0.717) is 12.4 Å². The molecule has 1 aromatic heterocycles. The second-order valence-electron chi connectivity index (χ2n) is 4.42. The lowest BCUT2D eigenvalue weighted by Crippen LogP contribution is -2.05. The van der Waals surface area contributed by atoms with Gasteiger partial charge in [-0.15, -0.1) is 6.42 Å². The van der Waals surface area contributed by atoms with Crippen LogP contribution in [0.1, 0.15) is 25.2 Å². The Hall–Kier alpha value is -2.21. The molecule has 0 fully saturated rings. The molecule has 0 unspecified atom stereocenters. The number of nitrogen functional groups attached to an aromatic ring is 1. The number of aromatic nitrogens is 2. The Labute approximate surface area is 114 Å². The lowest BCUT2D eigenvalue weighted by atomic mass is 10.0. The van der Waals surface area contributed by atoms with Crippen LogP contribution in [0.3, 0.4) is 0 Å². The molecule has 0 aliphatic heterocycles. The van der Waals surface area contributed by atoms with Crippen LogP contribution in [0.2, 0.25) is 0 Å². The van der Waals surface area contributed by atoms with E-state index in [1.54, 1.807) is 0 Å². The summed E-state index contributed by atoms with van der Waals surface area (Å²) in [6.45, 7) is 4.66. The molecule has 19 heavy (non-hydrogen) atoms. The van der Waals surface area contributed by atoms with Gasteiger partial charge in [0.2, 0.25) is 0 Å². The number of imidazole rings is 1. The molecular weight excluding hydrogens is 234 g/mol. The molecule has 0 atom stereocenters. The maximum absolute atomic E-state index is 6.23. The first-order valence-electron chi connectivity index (χ1n) is 6.59. The van der Waals surface area contributed by atoms with Crippen LogP contribution in [0.25, 0.3) is 11.3 Å². The number of rotatable bonds is 4. The summed E-state index contributed by atoms with van der Waals surface area (Å²) >= 11 is 0. The normalized spacial score (nSPS) is 10.4. The first-order valence-corrected chi connectivity index (χ1v) is 6.59. The van der Waals surface area contributed by atoms with Crippen molar-refractivity contribution < 1.29 is 0 Å². The summed E-state index contributed by atoms with van der Waals surface area (Å²) in [6.07, 6.45) is 7.18. The van der Waals surface area contributed by atoms with Crippen LogP contribution in [-0.4, -0.2) is 9.55 Å². The number of hydrogen-bond donors (Lipinski definition) is 1. The topological polar surface area (TPSA) is 43.8 Å². The molecule has 0 radical (unpaired) electrons. The van der Waals surface area contributed by atoms with Gasteiger partial charge >= 0.3 is 0 Å². The Morgan fingerprint density at radius 2 is 2.00 bits per heavy atom. The molecule has 2 N–H and O–H groups in total. The van der Waals surface area contributed by atoms with Crippen molar-refractivity contribution in [3.63, 3.8) is 0 Å². The number of benzene rings is 1. The van der Waals surface area contributed by atoms with Crippen molar-refractivity contribution in [1.29, 1.82) is 0 Å². The second kappa shape index (κ2) is 5.62. The molecule has 2 rings (SSSR count). The number of hydrogen-bond acceptors (Lipinski definition) is 2. The quantitative estimate of drug-likeness (QED) is 0.851. The van der Waals surface area contributed by atoms with Gasteiger partial charge in [-0.25, -0.2) is 4.98 Å². The summed E-state index contributed by atoms with van der Waals surface area (Å²) < 4.78 is 1.92. The van der Waals surface area contributed by atoms with Crippen molar-refractivity contribution in [2.24, 2.45) is 0 Å². The fourth-order valence-electron chi connectivity index (χ4n) is 2.31.